The molecule has 108 valence electrons. The van der Waals surface area contributed by atoms with Gasteiger partial charge in [-0.2, -0.15) is 5.10 Å². The smallest absolute Gasteiger partial charge is 0.131 e. The lowest BCUT2D eigenvalue weighted by atomic mass is 10.1. The fourth-order valence-electron chi connectivity index (χ4n) is 2.14. The summed E-state index contributed by atoms with van der Waals surface area (Å²) in [6.45, 7) is 6.24. The maximum absolute atomic E-state index is 6.22. The van der Waals surface area contributed by atoms with Crippen LogP contribution in [-0.2, 0) is 13.7 Å². The minimum absolute atomic E-state index is 0.0753. The van der Waals surface area contributed by atoms with Gasteiger partial charge in [0.15, 0.2) is 0 Å². The van der Waals surface area contributed by atoms with Crippen LogP contribution in [0.4, 0.5) is 0 Å². The Morgan fingerprint density at radius 3 is 2.65 bits per heavy atom. The van der Waals surface area contributed by atoms with Crippen molar-refractivity contribution in [3.8, 4) is 5.75 Å². The van der Waals surface area contributed by atoms with E-state index in [0.29, 0.717) is 11.6 Å². The van der Waals surface area contributed by atoms with Crippen LogP contribution in [0.1, 0.15) is 35.5 Å². The summed E-state index contributed by atoms with van der Waals surface area (Å²) in [5.41, 5.74) is 9.83. The Balaban J connectivity index is 2.23. The summed E-state index contributed by atoms with van der Waals surface area (Å²) in [5, 5.41) is 4.93. The van der Waals surface area contributed by atoms with E-state index in [9.17, 15) is 0 Å². The van der Waals surface area contributed by atoms with Gasteiger partial charge in [0.05, 0.1) is 16.4 Å². The lowest BCUT2D eigenvalue weighted by Crippen LogP contribution is -2.10. The molecular formula is C15H20ClN3O. The van der Waals surface area contributed by atoms with Crippen LogP contribution in [0.3, 0.4) is 0 Å². The second-order valence-electron chi connectivity index (χ2n) is 5.09. The summed E-state index contributed by atoms with van der Waals surface area (Å²) in [6, 6.07) is 5.94. The topological polar surface area (TPSA) is 53.1 Å². The standard InChI is InChI=1S/C15H20ClN3O/c1-9-5-6-14(12(7-9)10(2)17)20-8-13-15(16)11(3)18-19(13)4/h5-7,10H,8,17H2,1-4H3/t10-/m0/s1. The molecule has 2 aromatic rings. The molecule has 0 spiro atoms. The number of nitrogens with zero attached hydrogens (tertiary/aromatic N) is 2. The number of hydrogen-bond donors (Lipinski definition) is 1. The van der Waals surface area contributed by atoms with Crippen molar-refractivity contribution in [2.24, 2.45) is 12.8 Å². The van der Waals surface area contributed by atoms with Crippen LogP contribution in [-0.4, -0.2) is 9.78 Å². The third-order valence-electron chi connectivity index (χ3n) is 3.28. The van der Waals surface area contributed by atoms with Gasteiger partial charge in [0.25, 0.3) is 0 Å². The highest BCUT2D eigenvalue weighted by Gasteiger charge is 2.14. The highest BCUT2D eigenvalue weighted by molar-refractivity contribution is 6.31. The molecular weight excluding hydrogens is 274 g/mol. The third kappa shape index (κ3) is 2.97. The van der Waals surface area contributed by atoms with Crippen molar-refractivity contribution in [1.82, 2.24) is 9.78 Å². The molecule has 1 aromatic heterocycles. The predicted molar refractivity (Wildman–Crippen MR) is 81.1 cm³/mol. The number of aryl methyl sites for hydroxylation is 3. The average molecular weight is 294 g/mol. The van der Waals surface area contributed by atoms with Crippen LogP contribution in [0.5, 0.6) is 5.75 Å². The first kappa shape index (κ1) is 14.9. The molecule has 20 heavy (non-hydrogen) atoms. The summed E-state index contributed by atoms with van der Waals surface area (Å²) in [6.07, 6.45) is 0. The fourth-order valence-corrected chi connectivity index (χ4v) is 2.35. The molecule has 1 heterocycles. The molecule has 0 aliphatic carbocycles. The molecule has 0 saturated carbocycles. The van der Waals surface area contributed by atoms with E-state index in [4.69, 9.17) is 22.1 Å². The fraction of sp³-hybridized carbons (Fsp3) is 0.400. The first-order valence-electron chi connectivity index (χ1n) is 6.57. The number of rotatable bonds is 4. The van der Waals surface area contributed by atoms with Crippen LogP contribution in [0, 0.1) is 13.8 Å². The molecule has 0 bridgehead atoms. The first-order chi connectivity index (χ1) is 9.40. The van der Waals surface area contributed by atoms with Crippen LogP contribution < -0.4 is 10.5 Å². The quantitative estimate of drug-likeness (QED) is 0.941. The molecule has 0 aliphatic heterocycles. The Morgan fingerprint density at radius 1 is 1.40 bits per heavy atom. The van der Waals surface area contributed by atoms with E-state index in [1.165, 1.54) is 5.56 Å². The number of ether oxygens (including phenoxy) is 1. The first-order valence-corrected chi connectivity index (χ1v) is 6.95. The minimum Gasteiger partial charge on any atom is -0.487 e. The molecule has 0 unspecified atom stereocenters. The molecule has 2 rings (SSSR count). The zero-order chi connectivity index (χ0) is 14.9. The van der Waals surface area contributed by atoms with Gasteiger partial charge in [-0.15, -0.1) is 0 Å². The molecule has 0 fully saturated rings. The Labute approximate surface area is 124 Å². The Kier molecular flexibility index (Phi) is 4.35. The maximum atomic E-state index is 6.22. The lowest BCUT2D eigenvalue weighted by Gasteiger charge is -2.15. The number of nitrogens with two attached hydrogens (primary N) is 1. The predicted octanol–water partition coefficient (Wildman–Crippen LogP) is 3.29. The molecule has 0 saturated heterocycles. The highest BCUT2D eigenvalue weighted by Crippen LogP contribution is 2.27. The van der Waals surface area contributed by atoms with E-state index in [1.54, 1.807) is 4.68 Å². The van der Waals surface area contributed by atoms with Gasteiger partial charge in [-0.1, -0.05) is 29.3 Å². The van der Waals surface area contributed by atoms with Gasteiger partial charge in [0.2, 0.25) is 0 Å². The zero-order valence-electron chi connectivity index (χ0n) is 12.3. The highest BCUT2D eigenvalue weighted by atomic mass is 35.5. The molecule has 0 amide bonds. The second kappa shape index (κ2) is 5.85. The second-order valence-corrected chi connectivity index (χ2v) is 5.47. The largest absolute Gasteiger partial charge is 0.487 e. The van der Waals surface area contributed by atoms with Gasteiger partial charge < -0.3 is 10.5 Å². The van der Waals surface area contributed by atoms with Gasteiger partial charge in [-0.05, 0) is 26.8 Å². The van der Waals surface area contributed by atoms with E-state index >= 15 is 0 Å². The lowest BCUT2D eigenvalue weighted by molar-refractivity contribution is 0.290. The third-order valence-corrected chi connectivity index (χ3v) is 3.77. The summed E-state index contributed by atoms with van der Waals surface area (Å²) >= 11 is 6.22. The summed E-state index contributed by atoms with van der Waals surface area (Å²) < 4.78 is 7.64. The van der Waals surface area contributed by atoms with E-state index in [2.05, 4.69) is 11.2 Å². The van der Waals surface area contributed by atoms with E-state index in [-0.39, 0.29) is 6.04 Å². The molecule has 5 heteroatoms. The van der Waals surface area contributed by atoms with E-state index in [1.807, 2.05) is 40.0 Å². The van der Waals surface area contributed by atoms with Crippen molar-refractivity contribution in [2.45, 2.75) is 33.4 Å². The number of benzene rings is 1. The zero-order valence-corrected chi connectivity index (χ0v) is 13.0. The number of halogens is 1. The summed E-state index contributed by atoms with van der Waals surface area (Å²) in [4.78, 5) is 0. The number of hydrogen-bond acceptors (Lipinski definition) is 3. The van der Waals surface area contributed by atoms with E-state index in [0.717, 1.165) is 22.7 Å². The normalized spacial score (nSPS) is 12.5. The maximum Gasteiger partial charge on any atom is 0.131 e. The van der Waals surface area contributed by atoms with Gasteiger partial charge in [0.1, 0.15) is 12.4 Å². The van der Waals surface area contributed by atoms with Crippen molar-refractivity contribution in [3.05, 3.63) is 45.7 Å². The number of aromatic nitrogens is 2. The van der Waals surface area contributed by atoms with Gasteiger partial charge in [-0.25, -0.2) is 0 Å². The molecule has 0 radical (unpaired) electrons. The Morgan fingerprint density at radius 2 is 2.10 bits per heavy atom. The van der Waals surface area contributed by atoms with Crippen LogP contribution in [0.25, 0.3) is 0 Å². The van der Waals surface area contributed by atoms with Gasteiger partial charge in [-0.3, -0.25) is 4.68 Å². The Hall–Kier alpha value is -1.52. The molecule has 2 N–H and O–H groups in total. The SMILES string of the molecule is Cc1ccc(OCc2c(Cl)c(C)nn2C)c([C@H](C)N)c1. The van der Waals surface area contributed by atoms with Crippen molar-refractivity contribution in [1.29, 1.82) is 0 Å². The molecule has 0 aliphatic rings. The monoisotopic (exact) mass is 293 g/mol. The van der Waals surface area contributed by atoms with Crippen molar-refractivity contribution in [2.75, 3.05) is 0 Å². The summed E-state index contributed by atoms with van der Waals surface area (Å²) in [7, 11) is 1.86. The van der Waals surface area contributed by atoms with Crippen molar-refractivity contribution in [3.63, 3.8) is 0 Å². The minimum atomic E-state index is -0.0753. The molecule has 1 atom stereocenters. The molecule has 4 nitrogen and oxygen atoms in total. The summed E-state index contributed by atoms with van der Waals surface area (Å²) in [5.74, 6) is 0.792. The van der Waals surface area contributed by atoms with Gasteiger partial charge >= 0.3 is 0 Å². The van der Waals surface area contributed by atoms with Crippen molar-refractivity contribution >= 4 is 11.6 Å². The van der Waals surface area contributed by atoms with Crippen LogP contribution in [0.2, 0.25) is 5.02 Å². The van der Waals surface area contributed by atoms with E-state index < -0.39 is 0 Å². The van der Waals surface area contributed by atoms with Gasteiger partial charge in [0, 0.05) is 18.7 Å². The average Bonchev–Trinajstić information content (AvgIpc) is 2.62. The van der Waals surface area contributed by atoms with Crippen LogP contribution in [0.15, 0.2) is 18.2 Å². The van der Waals surface area contributed by atoms with Crippen molar-refractivity contribution < 1.29 is 4.74 Å². The molecule has 1 aromatic carbocycles. The van der Waals surface area contributed by atoms with Crippen LogP contribution >= 0.6 is 11.6 Å². The Bertz CT molecular complexity index is 620.